The second-order valence-corrected chi connectivity index (χ2v) is 5.44. The molecule has 1 aromatic rings. The average molecular weight is 277 g/mol. The highest BCUT2D eigenvalue weighted by atomic mass is 16.5. The molecule has 0 amide bonds. The van der Waals surface area contributed by atoms with Crippen LogP contribution in [0.15, 0.2) is 18.2 Å². The lowest BCUT2D eigenvalue weighted by molar-refractivity contribution is 0.272. The first-order valence-electron chi connectivity index (χ1n) is 6.84. The Morgan fingerprint density at radius 1 is 1.25 bits per heavy atom. The van der Waals surface area contributed by atoms with Crippen molar-refractivity contribution in [2.75, 3.05) is 13.7 Å². The monoisotopic (exact) mass is 277 g/mol. The first kappa shape index (κ1) is 16.3. The highest BCUT2D eigenvalue weighted by Crippen LogP contribution is 2.28. The van der Waals surface area contributed by atoms with Crippen LogP contribution in [-0.4, -0.2) is 18.8 Å². The number of nitriles is 1. The Morgan fingerprint density at radius 3 is 2.60 bits per heavy atom. The van der Waals surface area contributed by atoms with Gasteiger partial charge in [0, 0.05) is 0 Å². The van der Waals surface area contributed by atoms with Gasteiger partial charge in [-0.25, -0.2) is 0 Å². The zero-order valence-electron chi connectivity index (χ0n) is 12.5. The molecule has 4 heteroatoms. The van der Waals surface area contributed by atoms with Crippen molar-refractivity contribution in [1.29, 1.82) is 5.26 Å². The van der Waals surface area contributed by atoms with Gasteiger partial charge in [-0.2, -0.15) is 5.26 Å². The number of hydrogen-bond donors (Lipinski definition) is 1. The van der Waals surface area contributed by atoms with Gasteiger partial charge in [-0.15, -0.1) is 0 Å². The van der Waals surface area contributed by atoms with Gasteiger partial charge in [0.1, 0.15) is 0 Å². The summed E-state index contributed by atoms with van der Waals surface area (Å²) in [7, 11) is 1.58. The Labute approximate surface area is 120 Å². The molecular weight excluding hydrogens is 254 g/mol. The molecule has 0 aliphatic carbocycles. The summed E-state index contributed by atoms with van der Waals surface area (Å²) in [6.45, 7) is 4.48. The molecule has 4 nitrogen and oxygen atoms in total. The first-order valence-corrected chi connectivity index (χ1v) is 6.84. The van der Waals surface area contributed by atoms with Crippen LogP contribution in [0.4, 0.5) is 0 Å². The minimum atomic E-state index is -0.263. The van der Waals surface area contributed by atoms with E-state index in [1.165, 1.54) is 0 Å². The van der Waals surface area contributed by atoms with E-state index in [4.69, 9.17) is 19.8 Å². The summed E-state index contributed by atoms with van der Waals surface area (Å²) >= 11 is 0. The normalized spacial score (nSPS) is 10.9. The van der Waals surface area contributed by atoms with E-state index in [0.29, 0.717) is 18.1 Å². The van der Waals surface area contributed by atoms with Crippen molar-refractivity contribution in [2.24, 2.45) is 5.41 Å². The molecule has 0 heterocycles. The lowest BCUT2D eigenvalue weighted by Crippen LogP contribution is -2.08. The Hall–Kier alpha value is -1.73. The number of methoxy groups -OCH3 is 1. The predicted molar refractivity (Wildman–Crippen MR) is 77.7 cm³/mol. The lowest BCUT2D eigenvalue weighted by Gasteiger charge is -2.15. The van der Waals surface area contributed by atoms with E-state index in [2.05, 4.69) is 6.07 Å². The average Bonchev–Trinajstić information content (AvgIpc) is 2.46. The third-order valence-corrected chi connectivity index (χ3v) is 3.17. The third-order valence-electron chi connectivity index (χ3n) is 3.17. The van der Waals surface area contributed by atoms with E-state index in [1.54, 1.807) is 13.2 Å². The van der Waals surface area contributed by atoms with Crippen LogP contribution in [0.2, 0.25) is 0 Å². The summed E-state index contributed by atoms with van der Waals surface area (Å²) in [6, 6.07) is 7.69. The molecule has 0 saturated heterocycles. The van der Waals surface area contributed by atoms with Gasteiger partial charge in [-0.05, 0) is 50.8 Å². The van der Waals surface area contributed by atoms with Crippen LogP contribution in [0.3, 0.4) is 0 Å². The summed E-state index contributed by atoms with van der Waals surface area (Å²) in [4.78, 5) is 0. The molecule has 0 saturated carbocycles. The molecule has 0 unspecified atom stereocenters. The summed E-state index contributed by atoms with van der Waals surface area (Å²) < 4.78 is 10.9. The van der Waals surface area contributed by atoms with Crippen molar-refractivity contribution in [1.82, 2.24) is 0 Å². The Kier molecular flexibility index (Phi) is 6.33. The van der Waals surface area contributed by atoms with Crippen molar-refractivity contribution in [2.45, 2.75) is 39.7 Å². The second kappa shape index (κ2) is 7.76. The molecular formula is C16H23NO3. The van der Waals surface area contributed by atoms with Crippen molar-refractivity contribution >= 4 is 0 Å². The second-order valence-electron chi connectivity index (χ2n) is 5.44. The Balaban J connectivity index is 2.41. The molecule has 1 rings (SSSR count). The molecule has 0 atom stereocenters. The maximum atomic E-state index is 9.07. The fourth-order valence-corrected chi connectivity index (χ4v) is 1.84. The van der Waals surface area contributed by atoms with Gasteiger partial charge in [0.15, 0.2) is 11.5 Å². The standard InChI is InChI=1S/C16H23NO3/c1-16(2,12-17)8-4-5-9-20-14-7-6-13(11-18)10-15(14)19-3/h6-7,10,18H,4-5,8-9,11H2,1-3H3. The van der Waals surface area contributed by atoms with E-state index in [1.807, 2.05) is 26.0 Å². The molecule has 1 aromatic carbocycles. The maximum absolute atomic E-state index is 9.07. The number of benzene rings is 1. The van der Waals surface area contributed by atoms with E-state index in [0.717, 1.165) is 24.8 Å². The quantitative estimate of drug-likeness (QED) is 0.741. The Bertz CT molecular complexity index is 463. The fraction of sp³-hybridized carbons (Fsp3) is 0.562. The summed E-state index contributed by atoms with van der Waals surface area (Å²) in [5, 5.41) is 18.0. The predicted octanol–water partition coefficient (Wildman–Crippen LogP) is 3.29. The molecule has 20 heavy (non-hydrogen) atoms. The molecule has 110 valence electrons. The number of unbranched alkanes of at least 4 members (excludes halogenated alkanes) is 1. The SMILES string of the molecule is COc1cc(CO)ccc1OCCCCC(C)(C)C#N. The zero-order chi connectivity index (χ0) is 15.0. The highest BCUT2D eigenvalue weighted by Gasteiger charge is 2.15. The van der Waals surface area contributed by atoms with Gasteiger partial charge in [0.2, 0.25) is 0 Å². The van der Waals surface area contributed by atoms with Crippen LogP contribution in [0.1, 0.15) is 38.7 Å². The molecule has 0 aromatic heterocycles. The number of rotatable bonds is 8. The topological polar surface area (TPSA) is 62.5 Å². The van der Waals surface area contributed by atoms with Crippen LogP contribution >= 0.6 is 0 Å². The highest BCUT2D eigenvalue weighted by molar-refractivity contribution is 5.42. The summed E-state index contributed by atoms with van der Waals surface area (Å²) in [5.74, 6) is 1.32. The van der Waals surface area contributed by atoms with E-state index in [9.17, 15) is 0 Å². The summed E-state index contributed by atoms with van der Waals surface area (Å²) in [5.41, 5.74) is 0.533. The maximum Gasteiger partial charge on any atom is 0.161 e. The smallest absolute Gasteiger partial charge is 0.161 e. The molecule has 0 spiro atoms. The summed E-state index contributed by atoms with van der Waals surface area (Å²) in [6.07, 6.45) is 2.72. The van der Waals surface area contributed by atoms with Crippen LogP contribution in [0.25, 0.3) is 0 Å². The van der Waals surface area contributed by atoms with E-state index < -0.39 is 0 Å². The first-order chi connectivity index (χ1) is 9.52. The van der Waals surface area contributed by atoms with E-state index >= 15 is 0 Å². The molecule has 1 N–H and O–H groups in total. The minimum absolute atomic E-state index is 0.0140. The van der Waals surface area contributed by atoms with Crippen LogP contribution in [-0.2, 0) is 6.61 Å². The number of aliphatic hydroxyl groups excluding tert-OH is 1. The number of aliphatic hydroxyl groups is 1. The minimum Gasteiger partial charge on any atom is -0.493 e. The van der Waals surface area contributed by atoms with E-state index in [-0.39, 0.29) is 12.0 Å². The van der Waals surface area contributed by atoms with Gasteiger partial charge in [-0.3, -0.25) is 0 Å². The number of nitrogens with zero attached hydrogens (tertiary/aromatic N) is 1. The van der Waals surface area contributed by atoms with Crippen molar-refractivity contribution in [3.8, 4) is 17.6 Å². The number of ether oxygens (including phenoxy) is 2. The third kappa shape index (κ3) is 5.10. The van der Waals surface area contributed by atoms with Crippen molar-refractivity contribution < 1.29 is 14.6 Å². The van der Waals surface area contributed by atoms with Gasteiger partial charge in [0.05, 0.1) is 31.8 Å². The van der Waals surface area contributed by atoms with Crippen LogP contribution in [0.5, 0.6) is 11.5 Å². The molecule has 0 aliphatic heterocycles. The fourth-order valence-electron chi connectivity index (χ4n) is 1.84. The van der Waals surface area contributed by atoms with Crippen LogP contribution in [0, 0.1) is 16.7 Å². The largest absolute Gasteiger partial charge is 0.493 e. The van der Waals surface area contributed by atoms with Gasteiger partial charge >= 0.3 is 0 Å². The van der Waals surface area contributed by atoms with Gasteiger partial charge < -0.3 is 14.6 Å². The molecule has 0 bridgehead atoms. The van der Waals surface area contributed by atoms with Crippen LogP contribution < -0.4 is 9.47 Å². The number of hydrogen-bond acceptors (Lipinski definition) is 4. The molecule has 0 fully saturated rings. The lowest BCUT2D eigenvalue weighted by atomic mass is 9.89. The van der Waals surface area contributed by atoms with Crippen molar-refractivity contribution in [3.63, 3.8) is 0 Å². The zero-order valence-corrected chi connectivity index (χ0v) is 12.5. The van der Waals surface area contributed by atoms with Crippen molar-refractivity contribution in [3.05, 3.63) is 23.8 Å². The molecule has 0 aliphatic rings. The van der Waals surface area contributed by atoms with Gasteiger partial charge in [-0.1, -0.05) is 6.07 Å². The Morgan fingerprint density at radius 2 is 2.00 bits per heavy atom. The van der Waals surface area contributed by atoms with Gasteiger partial charge in [0.25, 0.3) is 0 Å². The molecule has 0 radical (unpaired) electrons.